The quantitative estimate of drug-likeness (QED) is 0.813. The number of hydrogen-bond donors (Lipinski definition) is 1. The molecule has 0 aliphatic carbocycles. The van der Waals surface area contributed by atoms with E-state index in [-0.39, 0.29) is 18.2 Å². The van der Waals surface area contributed by atoms with E-state index in [9.17, 15) is 8.42 Å². The molecule has 1 N–H and O–H groups in total. The molecule has 0 bridgehead atoms. The molecule has 0 spiro atoms. The number of sulfonamides is 1. The lowest BCUT2D eigenvalue weighted by molar-refractivity contribution is 0.269. The molecule has 0 aromatic rings. The molecule has 1 heterocycles. The summed E-state index contributed by atoms with van der Waals surface area (Å²) < 4.78 is 24.8. The maximum atomic E-state index is 11.6. The van der Waals surface area contributed by atoms with Gasteiger partial charge in [-0.15, -0.1) is 12.4 Å². The van der Waals surface area contributed by atoms with E-state index < -0.39 is 10.0 Å². The molecule has 6 heteroatoms. The van der Waals surface area contributed by atoms with E-state index in [1.807, 2.05) is 0 Å². The van der Waals surface area contributed by atoms with Gasteiger partial charge in [-0.2, -0.15) is 0 Å². The second-order valence-electron chi connectivity index (χ2n) is 4.05. The molecule has 1 fully saturated rings. The summed E-state index contributed by atoms with van der Waals surface area (Å²) in [5, 5.41) is 3.32. The first-order valence-corrected chi connectivity index (χ1v) is 7.39. The molecule has 4 nitrogen and oxygen atoms in total. The standard InChI is InChI=1S/C10H22N2O2S.ClH/c1-3-11-9-10-5-7-12(8-6-10)15(13,14)4-2;/h10-11H,3-9H2,1-2H3;1H. The Morgan fingerprint density at radius 3 is 2.25 bits per heavy atom. The minimum atomic E-state index is -2.95. The van der Waals surface area contributed by atoms with E-state index in [4.69, 9.17) is 0 Å². The highest BCUT2D eigenvalue weighted by Crippen LogP contribution is 2.18. The SMILES string of the molecule is CCNCC1CCN(S(=O)(=O)CC)CC1.Cl. The Hall–Kier alpha value is 0.160. The molecular formula is C10H23ClN2O2S. The number of nitrogens with one attached hydrogen (secondary N) is 1. The third-order valence-corrected chi connectivity index (χ3v) is 4.90. The van der Waals surface area contributed by atoms with Gasteiger partial charge in [0.25, 0.3) is 0 Å². The molecule has 1 saturated heterocycles. The summed E-state index contributed by atoms with van der Waals surface area (Å²) in [6, 6.07) is 0. The topological polar surface area (TPSA) is 49.4 Å². The van der Waals surface area contributed by atoms with Crippen molar-refractivity contribution in [2.75, 3.05) is 31.9 Å². The Labute approximate surface area is 105 Å². The Bertz CT molecular complexity index is 275. The predicted molar refractivity (Wildman–Crippen MR) is 69.5 cm³/mol. The van der Waals surface area contributed by atoms with Gasteiger partial charge >= 0.3 is 0 Å². The van der Waals surface area contributed by atoms with E-state index in [1.54, 1.807) is 11.2 Å². The third-order valence-electron chi connectivity index (χ3n) is 3.01. The first kappa shape index (κ1) is 16.2. The van der Waals surface area contributed by atoms with Gasteiger partial charge in [-0.25, -0.2) is 12.7 Å². The van der Waals surface area contributed by atoms with E-state index in [1.165, 1.54) is 0 Å². The lowest BCUT2D eigenvalue weighted by Crippen LogP contribution is -2.41. The van der Waals surface area contributed by atoms with E-state index in [0.717, 1.165) is 25.9 Å². The van der Waals surface area contributed by atoms with Crippen molar-refractivity contribution in [3.8, 4) is 0 Å². The molecule has 0 atom stereocenters. The molecule has 0 amide bonds. The Morgan fingerprint density at radius 1 is 1.25 bits per heavy atom. The number of rotatable bonds is 5. The fraction of sp³-hybridized carbons (Fsp3) is 1.00. The summed E-state index contributed by atoms with van der Waals surface area (Å²) >= 11 is 0. The summed E-state index contributed by atoms with van der Waals surface area (Å²) in [6.07, 6.45) is 1.98. The van der Waals surface area contributed by atoms with Gasteiger partial charge < -0.3 is 5.32 Å². The van der Waals surface area contributed by atoms with Gasteiger partial charge in [-0.05, 0) is 38.8 Å². The highest BCUT2D eigenvalue weighted by Gasteiger charge is 2.26. The second kappa shape index (κ2) is 7.48. The average Bonchev–Trinajstić information content (AvgIpc) is 2.27. The molecule has 0 aromatic carbocycles. The van der Waals surface area contributed by atoms with E-state index >= 15 is 0 Å². The minimum Gasteiger partial charge on any atom is -0.317 e. The first-order valence-electron chi connectivity index (χ1n) is 5.78. The fourth-order valence-electron chi connectivity index (χ4n) is 1.92. The maximum Gasteiger partial charge on any atom is 0.213 e. The average molecular weight is 271 g/mol. The van der Waals surface area contributed by atoms with Crippen LogP contribution in [0.3, 0.4) is 0 Å². The number of halogens is 1. The van der Waals surface area contributed by atoms with Crippen LogP contribution in [0.15, 0.2) is 0 Å². The highest BCUT2D eigenvalue weighted by atomic mass is 35.5. The summed E-state index contributed by atoms with van der Waals surface area (Å²) in [6.45, 7) is 7.22. The molecule has 0 aromatic heterocycles. The van der Waals surface area contributed by atoms with E-state index in [0.29, 0.717) is 19.0 Å². The number of hydrogen-bond acceptors (Lipinski definition) is 3. The van der Waals surface area contributed by atoms with E-state index in [2.05, 4.69) is 12.2 Å². The van der Waals surface area contributed by atoms with Crippen LogP contribution >= 0.6 is 12.4 Å². The summed E-state index contributed by atoms with van der Waals surface area (Å²) in [7, 11) is -2.95. The smallest absolute Gasteiger partial charge is 0.213 e. The molecule has 1 aliphatic heterocycles. The van der Waals surface area contributed by atoms with Crippen LogP contribution in [-0.4, -0.2) is 44.7 Å². The van der Waals surface area contributed by atoms with Crippen molar-refractivity contribution in [1.82, 2.24) is 9.62 Å². The van der Waals surface area contributed by atoms with Crippen molar-refractivity contribution in [2.24, 2.45) is 5.92 Å². The fourth-order valence-corrected chi connectivity index (χ4v) is 3.05. The van der Waals surface area contributed by atoms with Crippen LogP contribution in [0.4, 0.5) is 0 Å². The first-order chi connectivity index (χ1) is 7.10. The molecular weight excluding hydrogens is 248 g/mol. The van der Waals surface area contributed by atoms with Crippen molar-refractivity contribution in [3.05, 3.63) is 0 Å². The van der Waals surface area contributed by atoms with Crippen LogP contribution in [0.25, 0.3) is 0 Å². The third kappa shape index (κ3) is 4.57. The van der Waals surface area contributed by atoms with Gasteiger partial charge in [0, 0.05) is 13.1 Å². The molecule has 1 aliphatic rings. The summed E-state index contributed by atoms with van der Waals surface area (Å²) in [5.74, 6) is 0.874. The normalized spacial score (nSPS) is 19.4. The lowest BCUT2D eigenvalue weighted by Gasteiger charge is -2.30. The second-order valence-corrected chi connectivity index (χ2v) is 6.31. The van der Waals surface area contributed by atoms with Crippen molar-refractivity contribution < 1.29 is 8.42 Å². The van der Waals surface area contributed by atoms with Crippen LogP contribution in [0.1, 0.15) is 26.7 Å². The van der Waals surface area contributed by atoms with Gasteiger partial charge in [0.05, 0.1) is 5.75 Å². The van der Waals surface area contributed by atoms with Crippen LogP contribution in [-0.2, 0) is 10.0 Å². The van der Waals surface area contributed by atoms with Gasteiger partial charge in [0.1, 0.15) is 0 Å². The molecule has 0 saturated carbocycles. The molecule has 0 radical (unpaired) electrons. The van der Waals surface area contributed by atoms with Crippen LogP contribution in [0.5, 0.6) is 0 Å². The van der Waals surface area contributed by atoms with Gasteiger partial charge in [-0.3, -0.25) is 0 Å². The van der Waals surface area contributed by atoms with Crippen molar-refractivity contribution in [1.29, 1.82) is 0 Å². The zero-order chi connectivity index (χ0) is 11.3. The zero-order valence-electron chi connectivity index (χ0n) is 10.1. The predicted octanol–water partition coefficient (Wildman–Crippen LogP) is 1.08. The number of nitrogens with zero attached hydrogens (tertiary/aromatic N) is 1. The monoisotopic (exact) mass is 270 g/mol. The Morgan fingerprint density at radius 2 is 1.81 bits per heavy atom. The molecule has 0 unspecified atom stereocenters. The molecule has 16 heavy (non-hydrogen) atoms. The van der Waals surface area contributed by atoms with Crippen molar-refractivity contribution in [3.63, 3.8) is 0 Å². The van der Waals surface area contributed by atoms with Crippen LogP contribution in [0.2, 0.25) is 0 Å². The van der Waals surface area contributed by atoms with Gasteiger partial charge in [-0.1, -0.05) is 6.92 Å². The maximum absolute atomic E-state index is 11.6. The largest absolute Gasteiger partial charge is 0.317 e. The molecule has 98 valence electrons. The van der Waals surface area contributed by atoms with Gasteiger partial charge in [0.2, 0.25) is 10.0 Å². The van der Waals surface area contributed by atoms with Crippen LogP contribution in [0, 0.1) is 5.92 Å². The minimum absolute atomic E-state index is 0. The Balaban J connectivity index is 0.00000225. The highest BCUT2D eigenvalue weighted by molar-refractivity contribution is 7.89. The summed E-state index contributed by atoms with van der Waals surface area (Å²) in [4.78, 5) is 0. The van der Waals surface area contributed by atoms with Crippen molar-refractivity contribution in [2.45, 2.75) is 26.7 Å². The number of piperidine rings is 1. The zero-order valence-corrected chi connectivity index (χ0v) is 11.7. The lowest BCUT2D eigenvalue weighted by atomic mass is 9.98. The summed E-state index contributed by atoms with van der Waals surface area (Å²) in [5.41, 5.74) is 0. The van der Waals surface area contributed by atoms with Gasteiger partial charge in [0.15, 0.2) is 0 Å². The Kier molecular flexibility index (Phi) is 7.55. The van der Waals surface area contributed by atoms with Crippen molar-refractivity contribution >= 4 is 22.4 Å². The molecule has 1 rings (SSSR count). The van der Waals surface area contributed by atoms with Crippen LogP contribution < -0.4 is 5.32 Å².